The highest BCUT2D eigenvalue weighted by atomic mass is 35.5. The Labute approximate surface area is 196 Å². The smallest absolute Gasteiger partial charge is 0.425 e. The van der Waals surface area contributed by atoms with Crippen molar-refractivity contribution in [1.82, 2.24) is 19.7 Å². The molecular weight excluding hydrogens is 478 g/mol. The van der Waals surface area contributed by atoms with Crippen LogP contribution in [0.3, 0.4) is 0 Å². The van der Waals surface area contributed by atoms with Crippen LogP contribution in [0.15, 0.2) is 36.7 Å². The molecule has 1 amide bonds. The van der Waals surface area contributed by atoms with Crippen molar-refractivity contribution in [3.8, 4) is 17.6 Å². The number of halogens is 5. The van der Waals surface area contributed by atoms with Crippen LogP contribution in [0.2, 0.25) is 5.02 Å². The summed E-state index contributed by atoms with van der Waals surface area (Å²) in [7, 11) is 0. The topological polar surface area (TPSA) is 84.0 Å². The van der Waals surface area contributed by atoms with Gasteiger partial charge in [0.05, 0.1) is 22.5 Å². The van der Waals surface area contributed by atoms with Gasteiger partial charge in [0.1, 0.15) is 23.2 Å². The summed E-state index contributed by atoms with van der Waals surface area (Å²) in [5.41, 5.74) is 1.01. The van der Waals surface area contributed by atoms with E-state index in [-0.39, 0.29) is 35.0 Å². The van der Waals surface area contributed by atoms with E-state index in [1.54, 1.807) is 6.20 Å². The van der Waals surface area contributed by atoms with E-state index in [1.807, 2.05) is 6.07 Å². The zero-order valence-electron chi connectivity index (χ0n) is 17.6. The fourth-order valence-corrected chi connectivity index (χ4v) is 3.74. The second-order valence-electron chi connectivity index (χ2n) is 7.57. The van der Waals surface area contributed by atoms with Gasteiger partial charge in [0.2, 0.25) is 0 Å². The number of carbonyl (C=O) groups excluding carboxylic acids is 1. The Morgan fingerprint density at radius 3 is 2.71 bits per heavy atom. The van der Waals surface area contributed by atoms with Crippen molar-refractivity contribution in [3.05, 3.63) is 69.9 Å². The molecule has 0 spiro atoms. The molecule has 0 saturated heterocycles. The molecule has 176 valence electrons. The van der Waals surface area contributed by atoms with E-state index >= 15 is 0 Å². The number of aromatic nitrogens is 3. The molecule has 3 heterocycles. The van der Waals surface area contributed by atoms with Crippen LogP contribution in [-0.2, 0) is 13.0 Å². The first kappa shape index (κ1) is 23.5. The molecule has 0 radical (unpaired) electrons. The average molecular weight is 494 g/mol. The maximum atomic E-state index is 13.4. The van der Waals surface area contributed by atoms with E-state index in [0.29, 0.717) is 23.5 Å². The summed E-state index contributed by atoms with van der Waals surface area (Å²) in [6.07, 6.45) is -3.80. The van der Waals surface area contributed by atoms with Crippen LogP contribution in [0, 0.1) is 17.1 Å². The Morgan fingerprint density at radius 1 is 1.29 bits per heavy atom. The Kier molecular flexibility index (Phi) is 6.18. The van der Waals surface area contributed by atoms with Crippen LogP contribution in [0.25, 0.3) is 5.82 Å². The molecule has 7 nitrogen and oxygen atoms in total. The summed E-state index contributed by atoms with van der Waals surface area (Å²) in [6, 6.07) is 6.85. The molecule has 34 heavy (non-hydrogen) atoms. The molecule has 3 aromatic rings. The van der Waals surface area contributed by atoms with Crippen LogP contribution < -0.4 is 4.74 Å². The Hall–Kier alpha value is -3.65. The van der Waals surface area contributed by atoms with Gasteiger partial charge >= 0.3 is 6.18 Å². The van der Waals surface area contributed by atoms with Crippen molar-refractivity contribution in [2.75, 3.05) is 6.54 Å². The van der Waals surface area contributed by atoms with Crippen LogP contribution in [0.5, 0.6) is 5.75 Å². The van der Waals surface area contributed by atoms with Gasteiger partial charge in [-0.1, -0.05) is 11.6 Å². The minimum atomic E-state index is -4.66. The molecule has 0 aliphatic carbocycles. The standard InChI is InChI=1S/C22H16ClF4N5O2/c1-12(22(25,26)27)34-17-4-2-13(8-28)20(23)19(17)21(33)31-7-6-16-14(10-31)11-32(30-16)18-5-3-15(24)9-29-18/h2-5,9,11-12H,6-7,10H2,1H3/t12-/m0/s1. The lowest BCUT2D eigenvalue weighted by atomic mass is 10.0. The highest BCUT2D eigenvalue weighted by Crippen LogP contribution is 2.35. The second kappa shape index (κ2) is 8.95. The number of nitriles is 1. The quantitative estimate of drug-likeness (QED) is 0.501. The van der Waals surface area contributed by atoms with Gasteiger partial charge in [-0.3, -0.25) is 4.79 Å². The lowest BCUT2D eigenvalue weighted by Crippen LogP contribution is -2.37. The third kappa shape index (κ3) is 4.54. The van der Waals surface area contributed by atoms with Gasteiger partial charge in [0, 0.05) is 31.3 Å². The minimum absolute atomic E-state index is 0.0649. The number of hydrogen-bond acceptors (Lipinski definition) is 5. The molecular formula is C22H16ClF4N5O2. The van der Waals surface area contributed by atoms with E-state index in [1.165, 1.54) is 27.8 Å². The van der Waals surface area contributed by atoms with Gasteiger partial charge in [-0.05, 0) is 31.2 Å². The number of carbonyl (C=O) groups is 1. The van der Waals surface area contributed by atoms with Crippen molar-refractivity contribution in [3.63, 3.8) is 0 Å². The van der Waals surface area contributed by atoms with Crippen LogP contribution in [0.1, 0.15) is 34.1 Å². The van der Waals surface area contributed by atoms with Crippen LogP contribution >= 0.6 is 11.6 Å². The summed E-state index contributed by atoms with van der Waals surface area (Å²) in [5, 5.41) is 13.4. The van der Waals surface area contributed by atoms with Crippen molar-refractivity contribution in [2.24, 2.45) is 0 Å². The largest absolute Gasteiger partial charge is 0.480 e. The van der Waals surface area contributed by atoms with Crippen molar-refractivity contribution in [2.45, 2.75) is 32.2 Å². The molecule has 2 aromatic heterocycles. The van der Waals surface area contributed by atoms with Gasteiger partial charge in [0.15, 0.2) is 11.9 Å². The Balaban J connectivity index is 1.64. The number of ether oxygens (including phenoxy) is 1. The lowest BCUT2D eigenvalue weighted by molar-refractivity contribution is -0.189. The molecule has 0 saturated carbocycles. The molecule has 4 rings (SSSR count). The van der Waals surface area contributed by atoms with E-state index in [9.17, 15) is 27.6 Å². The lowest BCUT2D eigenvalue weighted by Gasteiger charge is -2.28. The zero-order valence-corrected chi connectivity index (χ0v) is 18.4. The fraction of sp³-hybridized carbons (Fsp3) is 0.273. The molecule has 0 fully saturated rings. The highest BCUT2D eigenvalue weighted by Gasteiger charge is 2.39. The van der Waals surface area contributed by atoms with E-state index in [2.05, 4.69) is 10.1 Å². The van der Waals surface area contributed by atoms with E-state index in [4.69, 9.17) is 16.3 Å². The number of hydrogen-bond donors (Lipinski definition) is 0. The normalized spacial score (nSPS) is 14.3. The summed E-state index contributed by atoms with van der Waals surface area (Å²) in [5.74, 6) is -1.15. The molecule has 1 atom stereocenters. The average Bonchev–Trinajstić information content (AvgIpc) is 3.22. The van der Waals surface area contributed by atoms with Crippen LogP contribution in [-0.4, -0.2) is 44.4 Å². The molecule has 0 N–H and O–H groups in total. The first-order valence-corrected chi connectivity index (χ1v) is 10.4. The van der Waals surface area contributed by atoms with Crippen LogP contribution in [0.4, 0.5) is 17.6 Å². The molecule has 1 aliphatic rings. The monoisotopic (exact) mass is 493 g/mol. The number of rotatable bonds is 4. The van der Waals surface area contributed by atoms with Gasteiger partial charge in [-0.25, -0.2) is 14.1 Å². The summed E-state index contributed by atoms with van der Waals surface area (Å²) < 4.78 is 58.8. The van der Waals surface area contributed by atoms with Gasteiger partial charge in [-0.2, -0.15) is 23.5 Å². The minimum Gasteiger partial charge on any atom is -0.480 e. The zero-order chi connectivity index (χ0) is 24.6. The van der Waals surface area contributed by atoms with Crippen molar-refractivity contribution in [1.29, 1.82) is 5.26 Å². The number of fused-ring (bicyclic) bond motifs is 1. The fourth-order valence-electron chi connectivity index (χ4n) is 3.47. The summed E-state index contributed by atoms with van der Waals surface area (Å²) >= 11 is 6.24. The predicted octanol–water partition coefficient (Wildman–Crippen LogP) is 4.46. The van der Waals surface area contributed by atoms with Gasteiger partial charge < -0.3 is 9.64 Å². The third-order valence-corrected chi connectivity index (χ3v) is 5.69. The predicted molar refractivity (Wildman–Crippen MR) is 112 cm³/mol. The molecule has 1 aromatic carbocycles. The second-order valence-corrected chi connectivity index (χ2v) is 7.95. The molecule has 0 bridgehead atoms. The Bertz CT molecular complexity index is 1280. The van der Waals surface area contributed by atoms with Gasteiger partial charge in [0.25, 0.3) is 5.91 Å². The number of amides is 1. The number of benzene rings is 1. The number of alkyl halides is 3. The molecule has 0 unspecified atom stereocenters. The van der Waals surface area contributed by atoms with E-state index in [0.717, 1.165) is 19.2 Å². The van der Waals surface area contributed by atoms with Crippen molar-refractivity contribution >= 4 is 17.5 Å². The number of pyridine rings is 1. The van der Waals surface area contributed by atoms with E-state index < -0.39 is 24.0 Å². The maximum absolute atomic E-state index is 13.4. The SMILES string of the molecule is C[C@H](Oc1ccc(C#N)c(Cl)c1C(=O)N1CCc2nn(-c3ccc(F)cn3)cc2C1)C(F)(F)F. The maximum Gasteiger partial charge on any atom is 0.425 e. The summed E-state index contributed by atoms with van der Waals surface area (Å²) in [4.78, 5) is 18.7. The summed E-state index contributed by atoms with van der Waals surface area (Å²) in [6.45, 7) is 1.11. The number of nitrogens with zero attached hydrogens (tertiary/aromatic N) is 5. The van der Waals surface area contributed by atoms with Gasteiger partial charge in [-0.15, -0.1) is 0 Å². The third-order valence-electron chi connectivity index (χ3n) is 5.29. The Morgan fingerprint density at radius 2 is 2.06 bits per heavy atom. The van der Waals surface area contributed by atoms with Crippen molar-refractivity contribution < 1.29 is 27.1 Å². The molecule has 12 heteroatoms. The first-order chi connectivity index (χ1) is 16.1. The highest BCUT2D eigenvalue weighted by molar-refractivity contribution is 6.35. The molecule has 1 aliphatic heterocycles. The first-order valence-electron chi connectivity index (χ1n) is 10.0.